The monoisotopic (exact) mass is 502 g/mol. The predicted molar refractivity (Wildman–Crippen MR) is 125 cm³/mol. The molecule has 1 heterocycles. The third-order valence-corrected chi connectivity index (χ3v) is 4.56. The topological polar surface area (TPSA) is 57.2 Å². The number of hydrogen-bond donors (Lipinski definition) is 1. The van der Waals surface area contributed by atoms with Gasteiger partial charge in [0.25, 0.3) is 0 Å². The molecule has 0 aliphatic carbocycles. The number of amides is 1. The van der Waals surface area contributed by atoms with Crippen LogP contribution >= 0.6 is 24.0 Å². The summed E-state index contributed by atoms with van der Waals surface area (Å²) in [5.74, 6) is 1.27. The fourth-order valence-electron chi connectivity index (χ4n) is 3.28. The summed E-state index contributed by atoms with van der Waals surface area (Å²) >= 11 is 0. The molecule has 1 N–H and O–H groups in total. The van der Waals surface area contributed by atoms with Crippen molar-refractivity contribution in [1.29, 1.82) is 0 Å². The second kappa shape index (κ2) is 11.5. The van der Waals surface area contributed by atoms with Crippen molar-refractivity contribution in [2.45, 2.75) is 45.8 Å². The van der Waals surface area contributed by atoms with Gasteiger partial charge in [-0.15, -0.1) is 24.0 Å². The minimum absolute atomic E-state index is 0. The predicted octanol–water partition coefficient (Wildman–Crippen LogP) is 3.96. The number of likely N-dealkylation sites (tertiary alicyclic amines) is 1. The highest BCUT2D eigenvalue weighted by Crippen LogP contribution is 2.19. The van der Waals surface area contributed by atoms with E-state index in [4.69, 9.17) is 4.74 Å². The first-order valence-corrected chi connectivity index (χ1v) is 9.72. The molecular weight excluding hydrogens is 467 g/mol. The number of aliphatic imine (C=N–C) groups is 1. The smallest absolute Gasteiger partial charge is 0.410 e. The van der Waals surface area contributed by atoms with Crippen molar-refractivity contribution >= 4 is 36.0 Å². The van der Waals surface area contributed by atoms with E-state index in [1.54, 1.807) is 7.05 Å². The van der Waals surface area contributed by atoms with Gasteiger partial charge in [-0.3, -0.25) is 4.99 Å². The van der Waals surface area contributed by atoms with Gasteiger partial charge in [0.05, 0.1) is 0 Å². The Bertz CT molecular complexity index is 631. The molecule has 0 saturated carbocycles. The number of halogens is 1. The molecule has 1 aromatic carbocycles. The van der Waals surface area contributed by atoms with Crippen molar-refractivity contribution in [2.75, 3.05) is 33.7 Å². The van der Waals surface area contributed by atoms with Gasteiger partial charge >= 0.3 is 6.09 Å². The first-order chi connectivity index (χ1) is 12.8. The number of nitrogens with zero attached hydrogens (tertiary/aromatic N) is 3. The third kappa shape index (κ3) is 8.24. The van der Waals surface area contributed by atoms with Crippen LogP contribution in [0.25, 0.3) is 0 Å². The van der Waals surface area contributed by atoms with Crippen molar-refractivity contribution in [3.8, 4) is 0 Å². The second-order valence-corrected chi connectivity index (χ2v) is 8.20. The molecule has 1 unspecified atom stereocenters. The Balaban J connectivity index is 0.00000392. The van der Waals surface area contributed by atoms with E-state index in [0.29, 0.717) is 5.92 Å². The summed E-state index contributed by atoms with van der Waals surface area (Å²) in [5, 5.41) is 3.46. The molecule has 1 aromatic rings. The molecule has 0 aromatic heterocycles. The minimum atomic E-state index is -0.454. The van der Waals surface area contributed by atoms with Gasteiger partial charge in [-0.1, -0.05) is 30.3 Å². The molecule has 1 aliphatic heterocycles. The highest BCUT2D eigenvalue weighted by Gasteiger charge is 2.27. The molecule has 2 rings (SSSR count). The van der Waals surface area contributed by atoms with Crippen molar-refractivity contribution in [3.05, 3.63) is 35.9 Å². The van der Waals surface area contributed by atoms with Crippen LogP contribution in [-0.4, -0.2) is 61.2 Å². The molecule has 7 heteroatoms. The van der Waals surface area contributed by atoms with Crippen LogP contribution < -0.4 is 5.32 Å². The zero-order chi connectivity index (χ0) is 19.9. The average Bonchev–Trinajstić information content (AvgIpc) is 2.62. The standard InChI is InChI=1S/C21H34N4O2.HI/c1-21(2,3)27-20(26)25-13-9-12-18(16-25)14-23-19(22-4)24(5)15-17-10-7-6-8-11-17;/h6-8,10-11,18H,9,12-16H2,1-5H3,(H,22,23);1H. The van der Waals surface area contributed by atoms with Crippen LogP contribution in [0.4, 0.5) is 4.79 Å². The Morgan fingerprint density at radius 1 is 1.32 bits per heavy atom. The normalized spacial score (nSPS) is 17.5. The number of carbonyl (C=O) groups is 1. The highest BCUT2D eigenvalue weighted by molar-refractivity contribution is 14.0. The SMILES string of the molecule is CN=C(NCC1CCCN(C(=O)OC(C)(C)C)C1)N(C)Cc1ccccc1.I. The second-order valence-electron chi connectivity index (χ2n) is 8.20. The van der Waals surface area contributed by atoms with Crippen LogP contribution in [0.15, 0.2) is 35.3 Å². The largest absolute Gasteiger partial charge is 0.444 e. The van der Waals surface area contributed by atoms with Crippen molar-refractivity contribution in [2.24, 2.45) is 10.9 Å². The van der Waals surface area contributed by atoms with E-state index in [-0.39, 0.29) is 30.1 Å². The summed E-state index contributed by atoms with van der Waals surface area (Å²) in [7, 11) is 3.84. The Morgan fingerprint density at radius 2 is 2.00 bits per heavy atom. The lowest BCUT2D eigenvalue weighted by molar-refractivity contribution is 0.0168. The van der Waals surface area contributed by atoms with Crippen LogP contribution in [0, 0.1) is 5.92 Å². The lowest BCUT2D eigenvalue weighted by Gasteiger charge is -2.34. The zero-order valence-corrected chi connectivity index (χ0v) is 20.1. The number of nitrogens with one attached hydrogen (secondary N) is 1. The summed E-state index contributed by atoms with van der Waals surface area (Å²) < 4.78 is 5.51. The lowest BCUT2D eigenvalue weighted by atomic mass is 9.98. The molecular formula is C21H35IN4O2. The fraction of sp³-hybridized carbons (Fsp3) is 0.619. The van der Waals surface area contributed by atoms with Crippen LogP contribution in [0.3, 0.4) is 0 Å². The third-order valence-electron chi connectivity index (χ3n) is 4.56. The number of rotatable bonds is 4. The Morgan fingerprint density at radius 3 is 2.61 bits per heavy atom. The van der Waals surface area contributed by atoms with E-state index in [1.807, 2.05) is 50.9 Å². The number of benzene rings is 1. The highest BCUT2D eigenvalue weighted by atomic mass is 127. The summed E-state index contributed by atoms with van der Waals surface area (Å²) in [4.78, 5) is 20.7. The van der Waals surface area contributed by atoms with Crippen LogP contribution in [0.5, 0.6) is 0 Å². The Kier molecular flexibility index (Phi) is 10.1. The van der Waals surface area contributed by atoms with E-state index in [0.717, 1.165) is 45.0 Å². The Labute approximate surface area is 186 Å². The molecule has 1 aliphatic rings. The summed E-state index contributed by atoms with van der Waals surface area (Å²) in [6.07, 6.45) is 1.90. The molecule has 1 amide bonds. The van der Waals surface area contributed by atoms with E-state index in [9.17, 15) is 4.79 Å². The van der Waals surface area contributed by atoms with Gasteiger partial charge in [0.15, 0.2) is 5.96 Å². The lowest BCUT2D eigenvalue weighted by Crippen LogP contribution is -2.47. The van der Waals surface area contributed by atoms with Gasteiger partial charge in [-0.05, 0) is 45.1 Å². The van der Waals surface area contributed by atoms with Crippen LogP contribution in [0.2, 0.25) is 0 Å². The quantitative estimate of drug-likeness (QED) is 0.385. The number of ether oxygens (including phenoxy) is 1. The molecule has 1 fully saturated rings. The van der Waals surface area contributed by atoms with Crippen molar-refractivity contribution in [3.63, 3.8) is 0 Å². The van der Waals surface area contributed by atoms with Gasteiger partial charge < -0.3 is 19.9 Å². The van der Waals surface area contributed by atoms with Gasteiger partial charge in [-0.2, -0.15) is 0 Å². The molecule has 0 radical (unpaired) electrons. The maximum absolute atomic E-state index is 12.3. The maximum Gasteiger partial charge on any atom is 0.410 e. The van der Waals surface area contributed by atoms with Crippen molar-refractivity contribution in [1.82, 2.24) is 15.1 Å². The molecule has 0 spiro atoms. The van der Waals surface area contributed by atoms with Gasteiger partial charge in [0.1, 0.15) is 5.60 Å². The number of hydrogen-bond acceptors (Lipinski definition) is 3. The maximum atomic E-state index is 12.3. The van der Waals surface area contributed by atoms with E-state index >= 15 is 0 Å². The minimum Gasteiger partial charge on any atom is -0.444 e. The number of carbonyl (C=O) groups excluding carboxylic acids is 1. The van der Waals surface area contributed by atoms with Gasteiger partial charge in [0, 0.05) is 40.3 Å². The molecule has 158 valence electrons. The first kappa shape index (κ1) is 24.5. The Hall–Kier alpha value is -1.51. The fourth-order valence-corrected chi connectivity index (χ4v) is 3.28. The molecule has 0 bridgehead atoms. The first-order valence-electron chi connectivity index (χ1n) is 9.72. The van der Waals surface area contributed by atoms with Crippen LogP contribution in [0.1, 0.15) is 39.2 Å². The van der Waals surface area contributed by atoms with Crippen LogP contribution in [-0.2, 0) is 11.3 Å². The van der Waals surface area contributed by atoms with E-state index in [2.05, 4.69) is 27.3 Å². The molecule has 1 saturated heterocycles. The summed E-state index contributed by atoms with van der Waals surface area (Å²) in [5.41, 5.74) is 0.793. The van der Waals surface area contributed by atoms with Crippen molar-refractivity contribution < 1.29 is 9.53 Å². The van der Waals surface area contributed by atoms with Gasteiger partial charge in [0.2, 0.25) is 0 Å². The van der Waals surface area contributed by atoms with Gasteiger partial charge in [-0.25, -0.2) is 4.79 Å². The number of guanidine groups is 1. The van der Waals surface area contributed by atoms with E-state index < -0.39 is 5.60 Å². The average molecular weight is 502 g/mol. The molecule has 6 nitrogen and oxygen atoms in total. The van der Waals surface area contributed by atoms with E-state index in [1.165, 1.54) is 5.56 Å². The molecule has 28 heavy (non-hydrogen) atoms. The molecule has 1 atom stereocenters. The zero-order valence-electron chi connectivity index (χ0n) is 17.8. The number of piperidine rings is 1. The summed E-state index contributed by atoms with van der Waals surface area (Å²) in [6.45, 7) is 8.80. The summed E-state index contributed by atoms with van der Waals surface area (Å²) in [6, 6.07) is 10.3.